The Labute approximate surface area is 141 Å². The van der Waals surface area contributed by atoms with Crippen molar-refractivity contribution >= 4 is 5.69 Å². The van der Waals surface area contributed by atoms with Crippen LogP contribution in [-0.2, 0) is 0 Å². The Morgan fingerprint density at radius 3 is 2.08 bits per heavy atom. The topological polar surface area (TPSA) is 64.8 Å². The van der Waals surface area contributed by atoms with Gasteiger partial charge in [0.1, 0.15) is 0 Å². The Hall–Kier alpha value is -2.76. The maximum Gasteiger partial charge on any atom is 0.214 e. The number of hydrogen-bond acceptors (Lipinski definition) is 5. The minimum atomic E-state index is -0.351. The number of hydrogen-bond donors (Lipinski definition) is 0. The fourth-order valence-corrected chi connectivity index (χ4v) is 2.63. The third-order valence-electron chi connectivity index (χ3n) is 3.95. The minimum absolute atomic E-state index is 0.184. The summed E-state index contributed by atoms with van der Waals surface area (Å²) in [5, 5.41) is 11.2. The summed E-state index contributed by atoms with van der Waals surface area (Å²) in [4.78, 5) is 12.8. The molecule has 0 saturated heterocycles. The third-order valence-corrected chi connectivity index (χ3v) is 3.95. The van der Waals surface area contributed by atoms with Gasteiger partial charge in [0.2, 0.25) is 6.54 Å². The molecule has 24 heavy (non-hydrogen) atoms. The van der Waals surface area contributed by atoms with Gasteiger partial charge in [0.05, 0.1) is 20.1 Å². The van der Waals surface area contributed by atoms with Crippen molar-refractivity contribution in [3.8, 4) is 11.5 Å². The lowest BCUT2D eigenvalue weighted by molar-refractivity contribution is -0.481. The average molecular weight is 330 g/mol. The van der Waals surface area contributed by atoms with E-state index in [2.05, 4.69) is 0 Å². The van der Waals surface area contributed by atoms with Crippen LogP contribution in [0, 0.1) is 10.1 Å². The fraction of sp³-hybridized carbons (Fsp3) is 0.333. The van der Waals surface area contributed by atoms with E-state index in [4.69, 9.17) is 9.47 Å². The summed E-state index contributed by atoms with van der Waals surface area (Å²) in [5.74, 6) is 0.813. The van der Waals surface area contributed by atoms with Crippen LogP contribution in [0.25, 0.3) is 0 Å². The molecule has 6 heteroatoms. The standard InChI is InChI=1S/C18H22N2O4/c1-19(2)15-8-5-13(6-9-15)16(12-20(21)22)14-7-10-17(23-3)18(11-14)24-4/h5-11,16H,12H2,1-4H3. The molecule has 2 aromatic carbocycles. The van der Waals surface area contributed by atoms with Gasteiger partial charge < -0.3 is 14.4 Å². The van der Waals surface area contributed by atoms with E-state index in [1.54, 1.807) is 26.4 Å². The van der Waals surface area contributed by atoms with Crippen molar-refractivity contribution in [2.45, 2.75) is 5.92 Å². The Balaban J connectivity index is 2.43. The second kappa shape index (κ2) is 7.68. The molecular weight excluding hydrogens is 308 g/mol. The number of nitro groups is 1. The van der Waals surface area contributed by atoms with Gasteiger partial charge in [-0.3, -0.25) is 10.1 Å². The number of anilines is 1. The van der Waals surface area contributed by atoms with Gasteiger partial charge in [-0.2, -0.15) is 0 Å². The highest BCUT2D eigenvalue weighted by molar-refractivity contribution is 5.50. The molecule has 0 bridgehead atoms. The van der Waals surface area contributed by atoms with Crippen LogP contribution in [0.5, 0.6) is 11.5 Å². The van der Waals surface area contributed by atoms with Gasteiger partial charge in [-0.15, -0.1) is 0 Å². The highest BCUT2D eigenvalue weighted by atomic mass is 16.6. The number of benzene rings is 2. The second-order valence-corrected chi connectivity index (χ2v) is 5.67. The molecule has 2 rings (SSSR count). The molecule has 0 saturated carbocycles. The van der Waals surface area contributed by atoms with Gasteiger partial charge in [0.25, 0.3) is 0 Å². The number of nitrogens with zero attached hydrogens (tertiary/aromatic N) is 2. The Bertz CT molecular complexity index is 699. The van der Waals surface area contributed by atoms with E-state index in [0.29, 0.717) is 11.5 Å². The lowest BCUT2D eigenvalue weighted by atomic mass is 9.91. The van der Waals surface area contributed by atoms with Crippen molar-refractivity contribution in [3.63, 3.8) is 0 Å². The molecule has 0 aliphatic heterocycles. The van der Waals surface area contributed by atoms with Crippen LogP contribution in [0.15, 0.2) is 42.5 Å². The van der Waals surface area contributed by atoms with Crippen LogP contribution >= 0.6 is 0 Å². The molecule has 0 amide bonds. The van der Waals surface area contributed by atoms with Crippen LogP contribution in [0.2, 0.25) is 0 Å². The quantitative estimate of drug-likeness (QED) is 0.576. The fourth-order valence-electron chi connectivity index (χ4n) is 2.63. The van der Waals surface area contributed by atoms with Crippen molar-refractivity contribution in [1.82, 2.24) is 0 Å². The van der Waals surface area contributed by atoms with E-state index in [1.165, 1.54) is 0 Å². The lowest BCUT2D eigenvalue weighted by Gasteiger charge is -2.18. The molecule has 0 aromatic heterocycles. The van der Waals surface area contributed by atoms with Gasteiger partial charge in [-0.1, -0.05) is 18.2 Å². The smallest absolute Gasteiger partial charge is 0.214 e. The normalized spacial score (nSPS) is 11.7. The predicted octanol–water partition coefficient (Wildman–Crippen LogP) is 3.18. The molecule has 6 nitrogen and oxygen atoms in total. The largest absolute Gasteiger partial charge is 0.493 e. The Morgan fingerprint density at radius 1 is 1.00 bits per heavy atom. The maximum absolute atomic E-state index is 11.2. The highest BCUT2D eigenvalue weighted by Gasteiger charge is 2.22. The summed E-state index contributed by atoms with van der Waals surface area (Å²) >= 11 is 0. The van der Waals surface area contributed by atoms with E-state index < -0.39 is 0 Å². The van der Waals surface area contributed by atoms with Gasteiger partial charge in [0.15, 0.2) is 11.5 Å². The summed E-state index contributed by atoms with van der Waals surface area (Å²) in [6, 6.07) is 13.2. The summed E-state index contributed by atoms with van der Waals surface area (Å²) in [7, 11) is 7.03. The molecule has 2 aromatic rings. The zero-order chi connectivity index (χ0) is 17.7. The van der Waals surface area contributed by atoms with Crippen molar-refractivity contribution in [1.29, 1.82) is 0 Å². The first-order chi connectivity index (χ1) is 11.5. The first-order valence-electron chi connectivity index (χ1n) is 7.57. The van der Waals surface area contributed by atoms with Crippen molar-refractivity contribution in [2.24, 2.45) is 0 Å². The van der Waals surface area contributed by atoms with E-state index in [9.17, 15) is 10.1 Å². The summed E-state index contributed by atoms with van der Waals surface area (Å²) in [5.41, 5.74) is 2.76. The van der Waals surface area contributed by atoms with Crippen molar-refractivity contribution in [3.05, 3.63) is 63.7 Å². The Morgan fingerprint density at radius 2 is 1.58 bits per heavy atom. The van der Waals surface area contributed by atoms with E-state index in [1.807, 2.05) is 49.3 Å². The number of ether oxygens (including phenoxy) is 2. The van der Waals surface area contributed by atoms with E-state index >= 15 is 0 Å². The van der Waals surface area contributed by atoms with E-state index in [0.717, 1.165) is 16.8 Å². The van der Waals surface area contributed by atoms with Gasteiger partial charge in [0, 0.05) is 24.7 Å². The zero-order valence-corrected chi connectivity index (χ0v) is 14.4. The van der Waals surface area contributed by atoms with Crippen molar-refractivity contribution < 1.29 is 14.4 Å². The summed E-state index contributed by atoms with van der Waals surface area (Å²) in [6.45, 7) is -0.184. The van der Waals surface area contributed by atoms with Gasteiger partial charge in [-0.25, -0.2) is 0 Å². The monoisotopic (exact) mass is 330 g/mol. The molecule has 0 fully saturated rings. The number of methoxy groups -OCH3 is 2. The Kier molecular flexibility index (Phi) is 5.63. The van der Waals surface area contributed by atoms with Gasteiger partial charge >= 0.3 is 0 Å². The molecule has 0 radical (unpaired) electrons. The first-order valence-corrected chi connectivity index (χ1v) is 7.57. The molecular formula is C18H22N2O4. The van der Waals surface area contributed by atoms with E-state index in [-0.39, 0.29) is 17.4 Å². The molecule has 0 heterocycles. The van der Waals surface area contributed by atoms with Gasteiger partial charge in [-0.05, 0) is 35.4 Å². The molecule has 128 valence electrons. The van der Waals surface area contributed by atoms with Crippen LogP contribution in [0.4, 0.5) is 5.69 Å². The molecule has 1 unspecified atom stereocenters. The molecule has 0 aliphatic rings. The predicted molar refractivity (Wildman–Crippen MR) is 94.0 cm³/mol. The molecule has 0 spiro atoms. The van der Waals surface area contributed by atoms with Crippen LogP contribution in [-0.4, -0.2) is 39.8 Å². The molecule has 0 aliphatic carbocycles. The number of rotatable bonds is 7. The average Bonchev–Trinajstić information content (AvgIpc) is 2.59. The van der Waals surface area contributed by atoms with Crippen LogP contribution < -0.4 is 14.4 Å². The van der Waals surface area contributed by atoms with Crippen LogP contribution in [0.3, 0.4) is 0 Å². The second-order valence-electron chi connectivity index (χ2n) is 5.67. The molecule has 0 N–H and O–H groups in total. The maximum atomic E-state index is 11.2. The highest BCUT2D eigenvalue weighted by Crippen LogP contribution is 2.34. The lowest BCUT2D eigenvalue weighted by Crippen LogP contribution is -2.15. The van der Waals surface area contributed by atoms with Crippen LogP contribution in [0.1, 0.15) is 17.0 Å². The third kappa shape index (κ3) is 3.95. The first kappa shape index (κ1) is 17.6. The zero-order valence-electron chi connectivity index (χ0n) is 14.4. The summed E-state index contributed by atoms with van der Waals surface area (Å²) < 4.78 is 10.6. The van der Waals surface area contributed by atoms with Crippen molar-refractivity contribution in [2.75, 3.05) is 39.8 Å². The molecule has 1 atom stereocenters. The minimum Gasteiger partial charge on any atom is -0.493 e. The SMILES string of the molecule is COc1ccc(C(C[N+](=O)[O-])c2ccc(N(C)C)cc2)cc1OC. The summed E-state index contributed by atoms with van der Waals surface area (Å²) in [6.07, 6.45) is 0.